The molecule has 3 heterocycles. The lowest BCUT2D eigenvalue weighted by molar-refractivity contribution is 0.0203. The van der Waals surface area contributed by atoms with E-state index in [2.05, 4.69) is 10.4 Å². The van der Waals surface area contributed by atoms with E-state index in [4.69, 9.17) is 14.5 Å². The molecule has 10 heteroatoms. The van der Waals surface area contributed by atoms with Crippen LogP contribution < -0.4 is 10.1 Å². The fourth-order valence-electron chi connectivity index (χ4n) is 4.72. The van der Waals surface area contributed by atoms with Crippen LogP contribution in [0.3, 0.4) is 0 Å². The third-order valence-electron chi connectivity index (χ3n) is 6.74. The molecule has 4 aromatic rings. The minimum atomic E-state index is -0.574. The molecule has 2 aromatic carbocycles. The first-order valence-electron chi connectivity index (χ1n) is 13.2. The summed E-state index contributed by atoms with van der Waals surface area (Å²) in [5.41, 5.74) is 3.10. The maximum absolute atomic E-state index is 13.5. The van der Waals surface area contributed by atoms with Crippen LogP contribution in [0.4, 0.5) is 14.9 Å². The smallest absolute Gasteiger partial charge is 0.410 e. The Hall–Kier alpha value is -4.47. The molecule has 208 valence electrons. The average Bonchev–Trinajstić information content (AvgIpc) is 3.36. The van der Waals surface area contributed by atoms with Gasteiger partial charge in [0.15, 0.2) is 5.65 Å². The number of hydrogen-bond acceptors (Lipinski definition) is 6. The number of fused-ring (bicyclic) bond motifs is 1. The molecule has 1 aliphatic heterocycles. The third kappa shape index (κ3) is 6.06. The molecule has 40 heavy (non-hydrogen) atoms. The van der Waals surface area contributed by atoms with Crippen molar-refractivity contribution in [3.63, 3.8) is 0 Å². The van der Waals surface area contributed by atoms with Crippen molar-refractivity contribution in [2.75, 3.05) is 25.5 Å². The lowest BCUT2D eigenvalue weighted by Crippen LogP contribution is -2.41. The standard InChI is InChI=1S/C30H32FN5O4/c1-30(2,3)40-29(38)35-15-13-20(14-16-35)27-24(28(37)32-22-9-7-21(31)8-10-22)18-36-26(33-27)17-25(34-36)19-5-11-23(39-4)12-6-19/h5-12,17-18,20H,13-16H2,1-4H3,(H,32,37). The van der Waals surface area contributed by atoms with Crippen molar-refractivity contribution in [2.45, 2.75) is 45.1 Å². The van der Waals surface area contributed by atoms with Gasteiger partial charge in [-0.15, -0.1) is 0 Å². The summed E-state index contributed by atoms with van der Waals surface area (Å²) in [5.74, 6) is -0.0735. The Morgan fingerprint density at radius 3 is 2.33 bits per heavy atom. The zero-order chi connectivity index (χ0) is 28.4. The number of hydrogen-bond donors (Lipinski definition) is 1. The Labute approximate surface area is 231 Å². The summed E-state index contributed by atoms with van der Waals surface area (Å²) in [5, 5.41) is 7.52. The van der Waals surface area contributed by atoms with Crippen molar-refractivity contribution in [1.29, 1.82) is 0 Å². The van der Waals surface area contributed by atoms with Crippen LogP contribution in [0.1, 0.15) is 55.6 Å². The van der Waals surface area contributed by atoms with Gasteiger partial charge in [-0.2, -0.15) is 5.10 Å². The number of benzene rings is 2. The number of piperidine rings is 1. The molecule has 0 unspecified atom stereocenters. The zero-order valence-electron chi connectivity index (χ0n) is 23.0. The molecule has 9 nitrogen and oxygen atoms in total. The minimum Gasteiger partial charge on any atom is -0.497 e. The van der Waals surface area contributed by atoms with Crippen LogP contribution >= 0.6 is 0 Å². The molecule has 1 N–H and O–H groups in total. The molecule has 2 amide bonds. The van der Waals surface area contributed by atoms with Crippen molar-refractivity contribution in [1.82, 2.24) is 19.5 Å². The predicted octanol–water partition coefficient (Wildman–Crippen LogP) is 5.91. The number of aromatic nitrogens is 3. The van der Waals surface area contributed by atoms with Gasteiger partial charge in [-0.3, -0.25) is 4.79 Å². The summed E-state index contributed by atoms with van der Waals surface area (Å²) in [6.45, 7) is 6.50. The van der Waals surface area contributed by atoms with Gasteiger partial charge in [-0.1, -0.05) is 0 Å². The fraction of sp³-hybridized carbons (Fsp3) is 0.333. The number of nitrogens with zero attached hydrogens (tertiary/aromatic N) is 4. The average molecular weight is 546 g/mol. The number of nitrogens with one attached hydrogen (secondary N) is 1. The maximum atomic E-state index is 13.5. The van der Waals surface area contributed by atoms with Crippen LogP contribution in [0.5, 0.6) is 5.75 Å². The van der Waals surface area contributed by atoms with Crippen LogP contribution in [0, 0.1) is 5.82 Å². The van der Waals surface area contributed by atoms with E-state index in [1.54, 1.807) is 22.7 Å². The number of methoxy groups -OCH3 is 1. The molecule has 1 fully saturated rings. The van der Waals surface area contributed by atoms with Crippen LogP contribution in [0.25, 0.3) is 16.9 Å². The van der Waals surface area contributed by atoms with Gasteiger partial charge in [-0.25, -0.2) is 18.7 Å². The highest BCUT2D eigenvalue weighted by molar-refractivity contribution is 6.05. The van der Waals surface area contributed by atoms with E-state index >= 15 is 0 Å². The monoisotopic (exact) mass is 545 g/mol. The van der Waals surface area contributed by atoms with E-state index in [-0.39, 0.29) is 23.7 Å². The van der Waals surface area contributed by atoms with Gasteiger partial charge in [0.05, 0.1) is 24.1 Å². The number of anilines is 1. The van der Waals surface area contributed by atoms with Crippen molar-refractivity contribution in [3.05, 3.63) is 77.9 Å². The lowest BCUT2D eigenvalue weighted by atomic mass is 9.90. The van der Waals surface area contributed by atoms with E-state index in [1.165, 1.54) is 24.3 Å². The van der Waals surface area contributed by atoms with Crippen molar-refractivity contribution < 1.29 is 23.5 Å². The number of rotatable bonds is 5. The van der Waals surface area contributed by atoms with E-state index in [9.17, 15) is 14.0 Å². The second-order valence-corrected chi connectivity index (χ2v) is 10.8. The summed E-state index contributed by atoms with van der Waals surface area (Å²) >= 11 is 0. The fourth-order valence-corrected chi connectivity index (χ4v) is 4.72. The van der Waals surface area contributed by atoms with Crippen LogP contribution in [-0.2, 0) is 4.74 Å². The molecule has 0 spiro atoms. The SMILES string of the molecule is COc1ccc(-c2cc3nc(C4CCN(C(=O)OC(C)(C)C)CC4)c(C(=O)Nc4ccc(F)cc4)cn3n2)cc1. The van der Waals surface area contributed by atoms with E-state index in [0.29, 0.717) is 54.2 Å². The summed E-state index contributed by atoms with van der Waals surface area (Å²) < 4.78 is 25.8. The molecule has 0 radical (unpaired) electrons. The molecule has 2 aromatic heterocycles. The molecule has 0 bridgehead atoms. The summed E-state index contributed by atoms with van der Waals surface area (Å²) in [4.78, 5) is 32.7. The second-order valence-electron chi connectivity index (χ2n) is 10.8. The highest BCUT2D eigenvalue weighted by Crippen LogP contribution is 2.32. The highest BCUT2D eigenvalue weighted by atomic mass is 19.1. The first kappa shape index (κ1) is 27.1. The van der Waals surface area contributed by atoms with Crippen LogP contribution in [0.2, 0.25) is 0 Å². The Bertz CT molecular complexity index is 1520. The molecular formula is C30H32FN5O4. The molecule has 0 atom stereocenters. The first-order valence-corrected chi connectivity index (χ1v) is 13.2. The molecule has 1 saturated heterocycles. The van der Waals surface area contributed by atoms with Crippen molar-refractivity contribution in [2.24, 2.45) is 0 Å². The number of halogens is 1. The molecule has 1 aliphatic rings. The van der Waals surface area contributed by atoms with Gasteiger partial charge >= 0.3 is 6.09 Å². The Morgan fingerprint density at radius 2 is 1.70 bits per heavy atom. The number of ether oxygens (including phenoxy) is 2. The first-order chi connectivity index (χ1) is 19.1. The van der Waals surface area contributed by atoms with Gasteiger partial charge in [0.2, 0.25) is 0 Å². The summed E-state index contributed by atoms with van der Waals surface area (Å²) in [6.07, 6.45) is 2.59. The zero-order valence-corrected chi connectivity index (χ0v) is 23.0. The van der Waals surface area contributed by atoms with Crippen LogP contribution in [-0.4, -0.2) is 57.3 Å². The predicted molar refractivity (Wildman–Crippen MR) is 149 cm³/mol. The number of amides is 2. The second kappa shape index (κ2) is 11.0. The highest BCUT2D eigenvalue weighted by Gasteiger charge is 2.31. The molecule has 5 rings (SSSR count). The van der Waals surface area contributed by atoms with E-state index in [1.807, 2.05) is 51.1 Å². The van der Waals surface area contributed by atoms with Gasteiger partial charge in [0.1, 0.15) is 17.2 Å². The molecule has 0 saturated carbocycles. The quantitative estimate of drug-likeness (QED) is 0.335. The van der Waals surface area contributed by atoms with E-state index < -0.39 is 5.60 Å². The van der Waals surface area contributed by atoms with E-state index in [0.717, 1.165) is 11.3 Å². The lowest BCUT2D eigenvalue weighted by Gasteiger charge is -2.33. The largest absolute Gasteiger partial charge is 0.497 e. The summed E-state index contributed by atoms with van der Waals surface area (Å²) in [6, 6.07) is 15.0. The van der Waals surface area contributed by atoms with Gasteiger partial charge in [0.25, 0.3) is 5.91 Å². The molecular weight excluding hydrogens is 513 g/mol. The number of likely N-dealkylation sites (tertiary alicyclic amines) is 1. The number of carbonyl (C=O) groups excluding carboxylic acids is 2. The Kier molecular flexibility index (Phi) is 7.42. The maximum Gasteiger partial charge on any atom is 0.410 e. The topological polar surface area (TPSA) is 98.1 Å². The Morgan fingerprint density at radius 1 is 1.02 bits per heavy atom. The Balaban J connectivity index is 1.46. The van der Waals surface area contributed by atoms with Gasteiger partial charge in [0, 0.05) is 42.5 Å². The summed E-state index contributed by atoms with van der Waals surface area (Å²) in [7, 11) is 1.61. The van der Waals surface area contributed by atoms with Crippen molar-refractivity contribution in [3.8, 4) is 17.0 Å². The van der Waals surface area contributed by atoms with Gasteiger partial charge in [-0.05, 0) is 82.1 Å². The van der Waals surface area contributed by atoms with Crippen molar-refractivity contribution >= 4 is 23.3 Å². The van der Waals surface area contributed by atoms with Gasteiger partial charge < -0.3 is 19.7 Å². The number of carbonyl (C=O) groups is 2. The van der Waals surface area contributed by atoms with Crippen LogP contribution in [0.15, 0.2) is 60.8 Å². The normalized spacial score (nSPS) is 14.3. The third-order valence-corrected chi connectivity index (χ3v) is 6.74. The molecule has 0 aliphatic carbocycles. The minimum absolute atomic E-state index is 0.0583.